The fourth-order valence-electron chi connectivity index (χ4n) is 3.44. The van der Waals surface area contributed by atoms with Crippen LogP contribution in [0.5, 0.6) is 11.5 Å². The highest BCUT2D eigenvalue weighted by molar-refractivity contribution is 5.80. The predicted octanol–water partition coefficient (Wildman–Crippen LogP) is 2.93. The topological polar surface area (TPSA) is 58.1 Å². The van der Waals surface area contributed by atoms with Gasteiger partial charge in [-0.15, -0.1) is 0 Å². The van der Waals surface area contributed by atoms with E-state index in [-0.39, 0.29) is 11.7 Å². The van der Waals surface area contributed by atoms with E-state index in [0.29, 0.717) is 25.6 Å². The molecule has 0 radical (unpaired) electrons. The summed E-state index contributed by atoms with van der Waals surface area (Å²) in [5.74, 6) is 0.970. The minimum Gasteiger partial charge on any atom is -0.497 e. The molecule has 2 N–H and O–H groups in total. The highest BCUT2D eigenvalue weighted by atomic mass is 19.1. The van der Waals surface area contributed by atoms with Crippen LogP contribution in [0.2, 0.25) is 0 Å². The lowest BCUT2D eigenvalue weighted by atomic mass is 10.2. The van der Waals surface area contributed by atoms with E-state index in [1.54, 1.807) is 26.2 Å². The summed E-state index contributed by atoms with van der Waals surface area (Å²) in [6.45, 7) is 1.56. The maximum Gasteiger partial charge on any atom is 0.191 e. The number of guanidine groups is 1. The van der Waals surface area contributed by atoms with Gasteiger partial charge >= 0.3 is 0 Å². The van der Waals surface area contributed by atoms with E-state index in [1.165, 1.54) is 18.2 Å². The Morgan fingerprint density at radius 3 is 2.59 bits per heavy atom. The molecule has 1 aliphatic heterocycles. The number of rotatable bonds is 6. The van der Waals surface area contributed by atoms with Crippen molar-refractivity contribution in [2.24, 2.45) is 4.99 Å². The number of hydrogen-bond acceptors (Lipinski definition) is 4. The quantitative estimate of drug-likeness (QED) is 0.573. The zero-order valence-electron chi connectivity index (χ0n) is 16.8. The van der Waals surface area contributed by atoms with Gasteiger partial charge in [-0.05, 0) is 30.7 Å². The van der Waals surface area contributed by atoms with Crippen molar-refractivity contribution < 1.29 is 18.3 Å². The molecule has 156 valence electrons. The zero-order chi connectivity index (χ0) is 20.8. The summed E-state index contributed by atoms with van der Waals surface area (Å²) in [4.78, 5) is 5.98. The highest BCUT2D eigenvalue weighted by Gasteiger charge is 2.27. The van der Waals surface area contributed by atoms with Crippen molar-refractivity contribution in [1.82, 2.24) is 10.6 Å². The van der Waals surface area contributed by atoms with Gasteiger partial charge in [0.25, 0.3) is 0 Å². The Balaban J connectivity index is 1.59. The molecule has 1 aliphatic rings. The molecule has 8 heteroatoms. The Kier molecular flexibility index (Phi) is 6.74. The second-order valence-corrected chi connectivity index (χ2v) is 6.75. The molecule has 0 bridgehead atoms. The average molecular weight is 404 g/mol. The van der Waals surface area contributed by atoms with Crippen LogP contribution in [-0.4, -0.2) is 46.4 Å². The lowest BCUT2D eigenvalue weighted by Crippen LogP contribution is -2.44. The molecule has 3 rings (SSSR count). The molecule has 2 aromatic carbocycles. The standard InChI is InChI=1S/C21H26F2N4O2/c1-24-21(25-12-14-7-8-16(28-2)11-19(14)29-3)26-15-9-10-27(13-15)20-17(22)5-4-6-18(20)23/h4-8,11,15H,9-10,12-13H2,1-3H3,(H2,24,25,26). The predicted molar refractivity (Wildman–Crippen MR) is 110 cm³/mol. The molecular formula is C21H26F2N4O2. The van der Waals surface area contributed by atoms with Gasteiger partial charge in [0, 0.05) is 44.4 Å². The largest absolute Gasteiger partial charge is 0.497 e. The molecule has 6 nitrogen and oxygen atoms in total. The lowest BCUT2D eigenvalue weighted by molar-refractivity contribution is 0.390. The smallest absolute Gasteiger partial charge is 0.191 e. The third-order valence-electron chi connectivity index (χ3n) is 4.95. The van der Waals surface area contributed by atoms with E-state index in [0.717, 1.165) is 23.5 Å². The van der Waals surface area contributed by atoms with Crippen LogP contribution in [0.15, 0.2) is 41.4 Å². The molecule has 0 aromatic heterocycles. The first kappa shape index (κ1) is 20.7. The number of nitrogens with one attached hydrogen (secondary N) is 2. The molecule has 29 heavy (non-hydrogen) atoms. The number of halogens is 2. The molecule has 0 aliphatic carbocycles. The van der Waals surface area contributed by atoms with E-state index in [9.17, 15) is 8.78 Å². The van der Waals surface area contributed by atoms with E-state index in [4.69, 9.17) is 9.47 Å². The van der Waals surface area contributed by atoms with Gasteiger partial charge in [0.05, 0.1) is 14.2 Å². The number of nitrogens with zero attached hydrogens (tertiary/aromatic N) is 2. The van der Waals surface area contributed by atoms with Crippen molar-refractivity contribution in [2.45, 2.75) is 19.0 Å². The molecule has 1 saturated heterocycles. The van der Waals surface area contributed by atoms with Crippen LogP contribution >= 0.6 is 0 Å². The zero-order valence-corrected chi connectivity index (χ0v) is 16.8. The normalized spacial score (nSPS) is 16.7. The molecule has 1 heterocycles. The number of anilines is 1. The second-order valence-electron chi connectivity index (χ2n) is 6.75. The average Bonchev–Trinajstić information content (AvgIpc) is 3.18. The third-order valence-corrected chi connectivity index (χ3v) is 4.95. The molecule has 1 fully saturated rings. The molecule has 0 spiro atoms. The Morgan fingerprint density at radius 1 is 1.17 bits per heavy atom. The van der Waals surface area contributed by atoms with Crippen LogP contribution in [0.25, 0.3) is 0 Å². The van der Waals surface area contributed by atoms with Crippen LogP contribution < -0.4 is 25.0 Å². The van der Waals surface area contributed by atoms with Gasteiger partial charge in [0.2, 0.25) is 0 Å². The number of ether oxygens (including phenoxy) is 2. The van der Waals surface area contributed by atoms with Gasteiger partial charge in [-0.1, -0.05) is 6.07 Å². The Labute approximate surface area is 169 Å². The fraction of sp³-hybridized carbons (Fsp3) is 0.381. The van der Waals surface area contributed by atoms with Crippen molar-refractivity contribution >= 4 is 11.6 Å². The summed E-state index contributed by atoms with van der Waals surface area (Å²) in [5.41, 5.74) is 0.987. The summed E-state index contributed by atoms with van der Waals surface area (Å²) >= 11 is 0. The van der Waals surface area contributed by atoms with Gasteiger partial charge < -0.3 is 25.0 Å². The van der Waals surface area contributed by atoms with Gasteiger partial charge in [0.1, 0.15) is 28.8 Å². The summed E-state index contributed by atoms with van der Waals surface area (Å²) in [5, 5.41) is 6.57. The first-order valence-corrected chi connectivity index (χ1v) is 9.42. The Hall–Kier alpha value is -3.03. The maximum atomic E-state index is 14.0. The summed E-state index contributed by atoms with van der Waals surface area (Å²) in [7, 11) is 4.90. The van der Waals surface area contributed by atoms with Crippen LogP contribution in [0.1, 0.15) is 12.0 Å². The van der Waals surface area contributed by atoms with Crippen LogP contribution in [0.4, 0.5) is 14.5 Å². The minimum absolute atomic E-state index is 0.0259. The van der Waals surface area contributed by atoms with E-state index < -0.39 is 11.6 Å². The SMILES string of the molecule is CN=C(NCc1ccc(OC)cc1OC)NC1CCN(c2c(F)cccc2F)C1. The fourth-order valence-corrected chi connectivity index (χ4v) is 3.44. The maximum absolute atomic E-state index is 14.0. The van der Waals surface area contributed by atoms with Crippen LogP contribution in [0.3, 0.4) is 0 Å². The molecule has 1 unspecified atom stereocenters. The molecular weight excluding hydrogens is 378 g/mol. The summed E-state index contributed by atoms with van der Waals surface area (Å²) < 4.78 is 38.7. The molecule has 0 amide bonds. The van der Waals surface area contributed by atoms with Crippen molar-refractivity contribution in [2.75, 3.05) is 39.3 Å². The first-order valence-electron chi connectivity index (χ1n) is 9.42. The Bertz CT molecular complexity index is 856. The summed E-state index contributed by atoms with van der Waals surface area (Å²) in [6, 6.07) is 9.58. The first-order chi connectivity index (χ1) is 14.0. The van der Waals surface area contributed by atoms with Gasteiger partial charge in [-0.3, -0.25) is 4.99 Å². The van der Waals surface area contributed by atoms with Crippen molar-refractivity contribution in [3.63, 3.8) is 0 Å². The monoisotopic (exact) mass is 404 g/mol. The van der Waals surface area contributed by atoms with E-state index >= 15 is 0 Å². The lowest BCUT2D eigenvalue weighted by Gasteiger charge is -2.21. The number of hydrogen-bond donors (Lipinski definition) is 2. The van der Waals surface area contributed by atoms with Crippen molar-refractivity contribution in [1.29, 1.82) is 0 Å². The number of aliphatic imine (C=N–C) groups is 1. The van der Waals surface area contributed by atoms with E-state index in [1.807, 2.05) is 18.2 Å². The minimum atomic E-state index is -0.542. The van der Waals surface area contributed by atoms with Crippen LogP contribution in [-0.2, 0) is 6.54 Å². The number of methoxy groups -OCH3 is 2. The summed E-state index contributed by atoms with van der Waals surface area (Å²) in [6.07, 6.45) is 0.750. The molecule has 0 saturated carbocycles. The van der Waals surface area contributed by atoms with Gasteiger partial charge in [0.15, 0.2) is 5.96 Å². The van der Waals surface area contributed by atoms with E-state index in [2.05, 4.69) is 15.6 Å². The molecule has 1 atom stereocenters. The Morgan fingerprint density at radius 2 is 1.93 bits per heavy atom. The second kappa shape index (κ2) is 9.45. The number of para-hydroxylation sites is 1. The molecule has 2 aromatic rings. The third kappa shape index (κ3) is 4.88. The van der Waals surface area contributed by atoms with Crippen molar-refractivity contribution in [3.05, 3.63) is 53.6 Å². The van der Waals surface area contributed by atoms with Gasteiger partial charge in [-0.2, -0.15) is 0 Å². The highest BCUT2D eigenvalue weighted by Crippen LogP contribution is 2.27. The van der Waals surface area contributed by atoms with Crippen molar-refractivity contribution in [3.8, 4) is 11.5 Å². The van der Waals surface area contributed by atoms with Gasteiger partial charge in [-0.25, -0.2) is 8.78 Å². The van der Waals surface area contributed by atoms with Crippen LogP contribution in [0, 0.1) is 11.6 Å². The number of benzene rings is 2.